The summed E-state index contributed by atoms with van der Waals surface area (Å²) in [6.45, 7) is 17.1. The van der Waals surface area contributed by atoms with E-state index in [0.717, 1.165) is 86.6 Å². The number of carbonyl (C=O) groups excluding carboxylic acids is 1. The molecule has 38 heavy (non-hydrogen) atoms. The average molecular weight is 505 g/mol. The fourth-order valence-electron chi connectivity index (χ4n) is 6.76. The second kappa shape index (κ2) is 8.93. The first-order valence-corrected chi connectivity index (χ1v) is 13.9. The van der Waals surface area contributed by atoms with E-state index in [9.17, 15) is 4.79 Å². The molecular weight excluding hydrogens is 468 g/mol. The van der Waals surface area contributed by atoms with Gasteiger partial charge in [0.1, 0.15) is 0 Å². The molecule has 4 aliphatic rings. The Bertz CT molecular complexity index is 1670. The van der Waals surface area contributed by atoms with Gasteiger partial charge in [-0.05, 0) is 74.1 Å². The topological polar surface area (TPSA) is 74.4 Å². The van der Waals surface area contributed by atoms with Crippen LogP contribution in [0.1, 0.15) is 110 Å². The first-order valence-electron chi connectivity index (χ1n) is 13.9. The number of nitrogens with zero attached hydrogens (tertiary/aromatic N) is 2. The quantitative estimate of drug-likeness (QED) is 0.447. The van der Waals surface area contributed by atoms with E-state index in [1.165, 1.54) is 16.8 Å². The lowest BCUT2D eigenvalue weighted by Crippen LogP contribution is -2.05. The number of carbonyl (C=O) groups is 1. The molecule has 2 unspecified atom stereocenters. The maximum absolute atomic E-state index is 13.3. The Hall–Kier alpha value is -3.73. The minimum atomic E-state index is 0.177. The molecule has 2 aromatic heterocycles. The zero-order valence-corrected chi connectivity index (χ0v) is 23.3. The Balaban J connectivity index is 1.79. The van der Waals surface area contributed by atoms with Crippen LogP contribution in [0.5, 0.6) is 0 Å². The van der Waals surface area contributed by atoms with Crippen molar-refractivity contribution in [1.82, 2.24) is 19.9 Å². The van der Waals surface area contributed by atoms with Crippen molar-refractivity contribution in [1.29, 1.82) is 0 Å². The van der Waals surface area contributed by atoms with Crippen molar-refractivity contribution in [3.63, 3.8) is 0 Å². The van der Waals surface area contributed by atoms with E-state index in [0.29, 0.717) is 18.3 Å². The maximum Gasteiger partial charge on any atom is 0.169 e. The maximum atomic E-state index is 13.3. The molecule has 0 fully saturated rings. The fourth-order valence-corrected chi connectivity index (χ4v) is 6.76. The van der Waals surface area contributed by atoms with E-state index in [-0.39, 0.29) is 5.78 Å². The number of allylic oxidation sites excluding steroid dienone is 5. The third kappa shape index (κ3) is 3.48. The largest absolute Gasteiger partial charge is 0.361 e. The third-order valence-corrected chi connectivity index (χ3v) is 8.97. The van der Waals surface area contributed by atoms with E-state index >= 15 is 0 Å². The highest BCUT2D eigenvalue weighted by Crippen LogP contribution is 2.46. The zero-order chi connectivity index (χ0) is 26.9. The number of aromatic nitrogens is 4. The predicted molar refractivity (Wildman–Crippen MR) is 156 cm³/mol. The molecule has 5 heteroatoms. The van der Waals surface area contributed by atoms with Gasteiger partial charge in [0.25, 0.3) is 0 Å². The van der Waals surface area contributed by atoms with Crippen molar-refractivity contribution in [3.8, 4) is 0 Å². The van der Waals surface area contributed by atoms with Gasteiger partial charge in [0, 0.05) is 57.4 Å². The van der Waals surface area contributed by atoms with Gasteiger partial charge >= 0.3 is 0 Å². The Morgan fingerprint density at radius 3 is 2.45 bits per heavy atom. The monoisotopic (exact) mass is 504 g/mol. The summed E-state index contributed by atoms with van der Waals surface area (Å²) in [5.41, 5.74) is 15.6. The number of aromatic amines is 2. The van der Waals surface area contributed by atoms with Gasteiger partial charge in [-0.15, -0.1) is 0 Å². The number of aryl methyl sites for hydroxylation is 2. The van der Waals surface area contributed by atoms with Crippen LogP contribution in [0.3, 0.4) is 0 Å². The SMILES string of the molecule is C=CC1=C(C)c2cc3[nH]c(c4c5nc(cc6[nH]c(cc1n2)c(C)c6CC)C(C)=C5C(=O)C4)C(CCC)C3C. The van der Waals surface area contributed by atoms with Gasteiger partial charge in [-0.25, -0.2) is 9.97 Å². The molecule has 0 saturated carbocycles. The Kier molecular flexibility index (Phi) is 5.78. The minimum Gasteiger partial charge on any atom is -0.361 e. The summed E-state index contributed by atoms with van der Waals surface area (Å²) in [6, 6.07) is 6.48. The summed E-state index contributed by atoms with van der Waals surface area (Å²) in [7, 11) is 0. The smallest absolute Gasteiger partial charge is 0.169 e. The third-order valence-electron chi connectivity index (χ3n) is 8.97. The fraction of sp³-hybridized carbons (Fsp3) is 0.364. The second-order valence-electron chi connectivity index (χ2n) is 11.1. The molecule has 6 rings (SSSR count). The Labute approximate surface area is 224 Å². The van der Waals surface area contributed by atoms with Crippen molar-refractivity contribution in [2.45, 2.75) is 79.1 Å². The van der Waals surface area contributed by atoms with Crippen molar-refractivity contribution in [2.75, 3.05) is 0 Å². The number of fused-ring (bicyclic) bond motifs is 8. The lowest BCUT2D eigenvalue weighted by molar-refractivity contribution is -0.112. The minimum absolute atomic E-state index is 0.177. The van der Waals surface area contributed by atoms with Crippen molar-refractivity contribution >= 4 is 39.1 Å². The van der Waals surface area contributed by atoms with Gasteiger partial charge in [0.2, 0.25) is 0 Å². The second-order valence-corrected chi connectivity index (χ2v) is 11.1. The van der Waals surface area contributed by atoms with Gasteiger partial charge in [-0.1, -0.05) is 39.8 Å². The molecule has 5 nitrogen and oxygen atoms in total. The predicted octanol–water partition coefficient (Wildman–Crippen LogP) is 7.77. The van der Waals surface area contributed by atoms with Gasteiger partial charge in [-0.2, -0.15) is 0 Å². The summed E-state index contributed by atoms with van der Waals surface area (Å²) in [5.74, 6) is 0.793. The molecule has 2 N–H and O–H groups in total. The molecule has 2 atom stereocenters. The number of hydrogen-bond donors (Lipinski definition) is 2. The van der Waals surface area contributed by atoms with Crippen LogP contribution in [-0.2, 0) is 17.6 Å². The highest BCUT2D eigenvalue weighted by molar-refractivity contribution is 6.32. The molecular formula is C33H36N4O. The number of nitrogens with one attached hydrogen (secondary N) is 2. The van der Waals surface area contributed by atoms with Crippen molar-refractivity contribution in [2.24, 2.45) is 0 Å². The number of hydrogen-bond acceptors (Lipinski definition) is 3. The molecule has 0 radical (unpaired) electrons. The van der Waals surface area contributed by atoms with Crippen molar-refractivity contribution in [3.05, 3.63) is 81.7 Å². The summed E-state index contributed by atoms with van der Waals surface area (Å²) in [4.78, 5) is 31.0. The van der Waals surface area contributed by atoms with E-state index in [4.69, 9.17) is 9.97 Å². The number of Topliss-reactive ketones (excluding diaryl/α,β-unsaturated/α-hetero) is 1. The molecule has 5 heterocycles. The summed E-state index contributed by atoms with van der Waals surface area (Å²) in [6.07, 6.45) is 5.37. The summed E-state index contributed by atoms with van der Waals surface area (Å²) in [5, 5.41) is 0. The number of rotatable bonds is 4. The standard InChI is InChI=1S/C33H36N4O/c1-8-11-22-18(6)26-13-24-16(4)20(9-2)28(34-24)14-25-17(5)21(10-3)29(35-25)15-27-19(7)31-30(38)12-23(32(22)36-26)33(31)37-27/h9,13-15,18,22,35-36H,2,8,10-12H2,1,3-7H3. The van der Waals surface area contributed by atoms with E-state index in [2.05, 4.69) is 69.4 Å². The molecule has 0 saturated heterocycles. The zero-order valence-electron chi connectivity index (χ0n) is 23.3. The summed E-state index contributed by atoms with van der Waals surface area (Å²) >= 11 is 0. The Morgan fingerprint density at radius 1 is 1.00 bits per heavy atom. The van der Waals surface area contributed by atoms with Gasteiger partial charge in [0.15, 0.2) is 5.78 Å². The molecule has 3 aliphatic heterocycles. The van der Waals surface area contributed by atoms with Crippen LogP contribution in [0, 0.1) is 6.92 Å². The van der Waals surface area contributed by atoms with Crippen LogP contribution in [-0.4, -0.2) is 25.7 Å². The molecule has 0 spiro atoms. The number of ketones is 1. The first kappa shape index (κ1) is 24.6. The van der Waals surface area contributed by atoms with Crippen LogP contribution in [0.15, 0.2) is 30.9 Å². The van der Waals surface area contributed by atoms with E-state index in [1.54, 1.807) is 0 Å². The van der Waals surface area contributed by atoms with Crippen molar-refractivity contribution < 1.29 is 4.79 Å². The number of H-pyrrole nitrogens is 2. The summed E-state index contributed by atoms with van der Waals surface area (Å²) < 4.78 is 0. The molecule has 0 amide bonds. The van der Waals surface area contributed by atoms with E-state index in [1.807, 2.05) is 13.0 Å². The lowest BCUT2D eigenvalue weighted by atomic mass is 9.86. The van der Waals surface area contributed by atoms with Crippen LogP contribution >= 0.6 is 0 Å². The molecule has 8 bridgehead atoms. The average Bonchev–Trinajstić information content (AvgIpc) is 3.63. The first-order chi connectivity index (χ1) is 18.3. The lowest BCUT2D eigenvalue weighted by Gasteiger charge is -2.16. The molecule has 194 valence electrons. The van der Waals surface area contributed by atoms with E-state index < -0.39 is 0 Å². The molecule has 1 aliphatic carbocycles. The highest BCUT2D eigenvalue weighted by atomic mass is 16.1. The van der Waals surface area contributed by atoms with Gasteiger partial charge in [-0.3, -0.25) is 4.79 Å². The normalized spacial score (nSPS) is 19.5. The van der Waals surface area contributed by atoms with Crippen LogP contribution < -0.4 is 0 Å². The Morgan fingerprint density at radius 2 is 1.74 bits per heavy atom. The van der Waals surface area contributed by atoms with Gasteiger partial charge < -0.3 is 9.97 Å². The highest BCUT2D eigenvalue weighted by Gasteiger charge is 2.37. The van der Waals surface area contributed by atoms with Crippen LogP contribution in [0.4, 0.5) is 0 Å². The van der Waals surface area contributed by atoms with Crippen LogP contribution in [0.2, 0.25) is 0 Å². The van der Waals surface area contributed by atoms with Crippen LogP contribution in [0.25, 0.3) is 33.3 Å². The molecule has 0 aromatic carbocycles. The van der Waals surface area contributed by atoms with Gasteiger partial charge in [0.05, 0.1) is 22.8 Å². The molecule has 2 aromatic rings.